The Balaban J connectivity index is 1.78. The molecule has 0 N–H and O–H groups in total. The summed E-state index contributed by atoms with van der Waals surface area (Å²) in [7, 11) is -3.45. The van der Waals surface area contributed by atoms with Gasteiger partial charge >= 0.3 is 0 Å². The number of halogens is 1. The molecule has 9 heteroatoms. The van der Waals surface area contributed by atoms with Crippen molar-refractivity contribution in [2.24, 2.45) is 0 Å². The number of sulfone groups is 1. The van der Waals surface area contributed by atoms with E-state index in [1.807, 2.05) is 0 Å². The van der Waals surface area contributed by atoms with Gasteiger partial charge in [0.05, 0.1) is 17.3 Å². The average molecular weight is 410 g/mol. The lowest BCUT2D eigenvalue weighted by atomic mass is 10.1. The Morgan fingerprint density at radius 1 is 1.30 bits per heavy atom. The van der Waals surface area contributed by atoms with Crippen molar-refractivity contribution in [2.45, 2.75) is 25.1 Å². The minimum atomic E-state index is -3.45. The molecule has 1 unspecified atom stereocenters. The highest BCUT2D eigenvalue weighted by atomic mass is 35.5. The molecule has 1 amide bonds. The Hall–Kier alpha value is -2.19. The molecular formula is C18H20ClN3O4S. The Bertz CT molecular complexity index is 1020. The molecule has 1 aromatic heterocycles. The van der Waals surface area contributed by atoms with Crippen molar-refractivity contribution < 1.29 is 13.2 Å². The third-order valence-corrected chi connectivity index (χ3v) is 7.12. The van der Waals surface area contributed by atoms with Gasteiger partial charge in [-0.15, -0.1) is 0 Å². The van der Waals surface area contributed by atoms with E-state index in [0.29, 0.717) is 16.3 Å². The molecule has 144 valence electrons. The number of aromatic nitrogens is 2. The maximum Gasteiger partial charge on any atom is 0.253 e. The third-order valence-electron chi connectivity index (χ3n) is 4.67. The van der Waals surface area contributed by atoms with Crippen LogP contribution in [-0.4, -0.2) is 47.6 Å². The van der Waals surface area contributed by atoms with Crippen molar-refractivity contribution >= 4 is 27.3 Å². The van der Waals surface area contributed by atoms with Gasteiger partial charge in [-0.2, -0.15) is 0 Å². The zero-order chi connectivity index (χ0) is 19.6. The molecule has 0 radical (unpaired) electrons. The minimum absolute atomic E-state index is 0.0934. The quantitative estimate of drug-likeness (QED) is 0.768. The molecule has 2 aromatic rings. The van der Waals surface area contributed by atoms with Gasteiger partial charge in [0.25, 0.3) is 5.56 Å². The Morgan fingerprint density at radius 3 is 2.74 bits per heavy atom. The standard InChI is InChI=1S/C18H20ClN3O4S/c1-13-10-17(23)22(12-20-13)11-18(24)21-7-6-16(27(25,26)9-8-21)14-4-2-3-5-15(14)19/h2-5,10,12,16H,6-9,11H2,1H3. The van der Waals surface area contributed by atoms with Gasteiger partial charge in [0.2, 0.25) is 5.91 Å². The number of aryl methyl sites for hydroxylation is 1. The van der Waals surface area contributed by atoms with Gasteiger partial charge in [-0.05, 0) is 25.0 Å². The summed E-state index contributed by atoms with van der Waals surface area (Å²) in [5, 5.41) is -0.337. The zero-order valence-electron chi connectivity index (χ0n) is 14.8. The smallest absolute Gasteiger partial charge is 0.253 e. The summed E-state index contributed by atoms with van der Waals surface area (Å²) in [6.45, 7) is 1.91. The summed E-state index contributed by atoms with van der Waals surface area (Å²) in [4.78, 5) is 30.1. The number of hydrogen-bond acceptors (Lipinski definition) is 5. The summed E-state index contributed by atoms with van der Waals surface area (Å²) >= 11 is 6.18. The molecular weight excluding hydrogens is 390 g/mol. The predicted molar refractivity (Wildman–Crippen MR) is 102 cm³/mol. The summed E-state index contributed by atoms with van der Waals surface area (Å²) in [5.41, 5.74) is 0.826. The number of amides is 1. The van der Waals surface area contributed by atoms with Crippen LogP contribution in [0.4, 0.5) is 0 Å². The number of hydrogen-bond donors (Lipinski definition) is 0. The van der Waals surface area contributed by atoms with E-state index in [4.69, 9.17) is 11.6 Å². The molecule has 1 aromatic carbocycles. The van der Waals surface area contributed by atoms with Crippen LogP contribution in [0.25, 0.3) is 0 Å². The van der Waals surface area contributed by atoms with Gasteiger partial charge in [0.15, 0.2) is 9.84 Å². The first-order chi connectivity index (χ1) is 12.8. The molecule has 1 aliphatic heterocycles. The topological polar surface area (TPSA) is 89.3 Å². The van der Waals surface area contributed by atoms with Crippen molar-refractivity contribution in [2.75, 3.05) is 18.8 Å². The molecule has 7 nitrogen and oxygen atoms in total. The second kappa shape index (κ2) is 7.82. The highest BCUT2D eigenvalue weighted by Crippen LogP contribution is 2.33. The van der Waals surface area contributed by atoms with Crippen LogP contribution >= 0.6 is 11.6 Å². The average Bonchev–Trinajstić information content (AvgIpc) is 2.76. The second-order valence-corrected chi connectivity index (χ2v) is 9.25. The molecule has 27 heavy (non-hydrogen) atoms. The number of carbonyl (C=O) groups excluding carboxylic acids is 1. The van der Waals surface area contributed by atoms with Gasteiger partial charge in [-0.25, -0.2) is 13.4 Å². The van der Waals surface area contributed by atoms with Crippen molar-refractivity contribution in [1.29, 1.82) is 0 Å². The highest BCUT2D eigenvalue weighted by molar-refractivity contribution is 7.91. The highest BCUT2D eigenvalue weighted by Gasteiger charge is 2.33. The van der Waals surface area contributed by atoms with Crippen LogP contribution in [0.2, 0.25) is 5.02 Å². The minimum Gasteiger partial charge on any atom is -0.340 e. The van der Waals surface area contributed by atoms with E-state index in [2.05, 4.69) is 4.98 Å². The maximum absolute atomic E-state index is 12.7. The summed E-state index contributed by atoms with van der Waals surface area (Å²) in [5.74, 6) is -0.451. The van der Waals surface area contributed by atoms with E-state index in [1.54, 1.807) is 31.2 Å². The first-order valence-corrected chi connectivity index (χ1v) is 10.6. The number of carbonyl (C=O) groups is 1. The Labute approximate surface area is 162 Å². The van der Waals surface area contributed by atoms with Gasteiger partial charge in [-0.3, -0.25) is 14.2 Å². The van der Waals surface area contributed by atoms with Gasteiger partial charge in [-0.1, -0.05) is 29.8 Å². The molecule has 1 saturated heterocycles. The number of benzene rings is 1. The van der Waals surface area contributed by atoms with Crippen LogP contribution in [0.1, 0.15) is 22.9 Å². The lowest BCUT2D eigenvalue weighted by molar-refractivity contribution is -0.131. The lowest BCUT2D eigenvalue weighted by Gasteiger charge is -2.20. The van der Waals surface area contributed by atoms with E-state index in [-0.39, 0.29) is 43.3 Å². The largest absolute Gasteiger partial charge is 0.340 e. The number of rotatable bonds is 3. The molecule has 1 atom stereocenters. The van der Waals surface area contributed by atoms with Crippen LogP contribution in [0.3, 0.4) is 0 Å². The molecule has 0 bridgehead atoms. The first-order valence-electron chi connectivity index (χ1n) is 8.55. The molecule has 1 aliphatic rings. The van der Waals surface area contributed by atoms with Crippen LogP contribution in [0, 0.1) is 6.92 Å². The fourth-order valence-electron chi connectivity index (χ4n) is 3.16. The number of nitrogens with zero attached hydrogens (tertiary/aromatic N) is 3. The van der Waals surface area contributed by atoms with Crippen LogP contribution in [-0.2, 0) is 21.2 Å². The van der Waals surface area contributed by atoms with Crippen molar-refractivity contribution in [3.8, 4) is 0 Å². The van der Waals surface area contributed by atoms with Crippen molar-refractivity contribution in [3.05, 3.63) is 63.3 Å². The Morgan fingerprint density at radius 2 is 2.04 bits per heavy atom. The maximum atomic E-state index is 12.7. The van der Waals surface area contributed by atoms with E-state index in [9.17, 15) is 18.0 Å². The predicted octanol–water partition coefficient (Wildman–Crippen LogP) is 1.59. The molecule has 0 saturated carbocycles. The fourth-order valence-corrected chi connectivity index (χ4v) is 5.31. The summed E-state index contributed by atoms with van der Waals surface area (Å²) in [6.07, 6.45) is 1.59. The molecule has 1 fully saturated rings. The zero-order valence-corrected chi connectivity index (χ0v) is 16.4. The van der Waals surface area contributed by atoms with Crippen molar-refractivity contribution in [1.82, 2.24) is 14.5 Å². The van der Waals surface area contributed by atoms with Gasteiger partial charge in [0, 0.05) is 29.9 Å². The fraction of sp³-hybridized carbons (Fsp3) is 0.389. The molecule has 2 heterocycles. The summed E-state index contributed by atoms with van der Waals surface area (Å²) < 4.78 is 26.6. The van der Waals surface area contributed by atoms with E-state index in [0.717, 1.165) is 0 Å². The van der Waals surface area contributed by atoms with E-state index >= 15 is 0 Å². The summed E-state index contributed by atoms with van der Waals surface area (Å²) in [6, 6.07) is 8.23. The van der Waals surface area contributed by atoms with Gasteiger partial charge in [0.1, 0.15) is 6.54 Å². The molecule has 0 aliphatic carbocycles. The van der Waals surface area contributed by atoms with Crippen molar-refractivity contribution in [3.63, 3.8) is 0 Å². The van der Waals surface area contributed by atoms with E-state index < -0.39 is 15.1 Å². The van der Waals surface area contributed by atoms with Gasteiger partial charge < -0.3 is 4.90 Å². The van der Waals surface area contributed by atoms with E-state index in [1.165, 1.54) is 21.9 Å². The lowest BCUT2D eigenvalue weighted by Crippen LogP contribution is -2.38. The molecule has 0 spiro atoms. The first kappa shape index (κ1) is 19.6. The second-order valence-electron chi connectivity index (χ2n) is 6.54. The van der Waals surface area contributed by atoms with Crippen LogP contribution in [0.15, 0.2) is 41.5 Å². The SMILES string of the molecule is Cc1cc(=O)n(CC(=O)N2CCC(c3ccccc3Cl)S(=O)(=O)CC2)cn1. The van der Waals surface area contributed by atoms with Crippen LogP contribution in [0.5, 0.6) is 0 Å². The Kier molecular flexibility index (Phi) is 5.67. The molecule has 3 rings (SSSR count). The van der Waals surface area contributed by atoms with Crippen LogP contribution < -0.4 is 5.56 Å². The monoisotopic (exact) mass is 409 g/mol. The third kappa shape index (κ3) is 4.39. The normalized spacial score (nSPS) is 19.5.